The lowest BCUT2D eigenvalue weighted by Gasteiger charge is -2.15. The minimum absolute atomic E-state index is 0.505. The minimum Gasteiger partial charge on any atom is -0.493 e. The van der Waals surface area contributed by atoms with Crippen LogP contribution in [-0.4, -0.2) is 19.3 Å². The number of aryl methyl sites for hydroxylation is 1. The van der Waals surface area contributed by atoms with Crippen molar-refractivity contribution >= 4 is 0 Å². The van der Waals surface area contributed by atoms with E-state index in [1.165, 1.54) is 6.26 Å². The minimum atomic E-state index is -0.806. The fraction of sp³-hybridized carbons (Fsp3) is 0.286. The van der Waals surface area contributed by atoms with Gasteiger partial charge in [-0.2, -0.15) is 0 Å². The lowest BCUT2D eigenvalue weighted by molar-refractivity contribution is 0.188. The van der Waals surface area contributed by atoms with Crippen LogP contribution < -0.4 is 9.47 Å². The van der Waals surface area contributed by atoms with Gasteiger partial charge < -0.3 is 19.0 Å². The zero-order chi connectivity index (χ0) is 13.1. The first-order chi connectivity index (χ1) is 8.67. The number of aliphatic hydroxyl groups excluding tert-OH is 1. The second-order valence-corrected chi connectivity index (χ2v) is 3.98. The summed E-state index contributed by atoms with van der Waals surface area (Å²) >= 11 is 0. The Labute approximate surface area is 106 Å². The van der Waals surface area contributed by atoms with Crippen molar-refractivity contribution < 1.29 is 19.0 Å². The average Bonchev–Trinajstić information content (AvgIpc) is 2.91. The number of methoxy groups -OCH3 is 2. The molecular formula is C14H16O4. The smallest absolute Gasteiger partial charge is 0.161 e. The third-order valence-electron chi connectivity index (χ3n) is 2.88. The highest BCUT2D eigenvalue weighted by Crippen LogP contribution is 2.34. The SMILES string of the molecule is COc1cc(C)c(C(O)c2ccco2)cc1OC. The number of hydrogen-bond donors (Lipinski definition) is 1. The number of hydrogen-bond acceptors (Lipinski definition) is 4. The monoisotopic (exact) mass is 248 g/mol. The van der Waals surface area contributed by atoms with Gasteiger partial charge in [0.25, 0.3) is 0 Å². The molecule has 1 aromatic heterocycles. The molecule has 1 unspecified atom stereocenters. The molecule has 1 atom stereocenters. The van der Waals surface area contributed by atoms with Crippen molar-refractivity contribution in [3.8, 4) is 11.5 Å². The molecule has 0 aliphatic carbocycles. The lowest BCUT2D eigenvalue weighted by atomic mass is 10.0. The van der Waals surface area contributed by atoms with E-state index in [-0.39, 0.29) is 0 Å². The van der Waals surface area contributed by atoms with E-state index >= 15 is 0 Å². The molecule has 0 aliphatic heterocycles. The Balaban J connectivity index is 2.45. The van der Waals surface area contributed by atoms with Crippen LogP contribution in [0.5, 0.6) is 11.5 Å². The van der Waals surface area contributed by atoms with E-state index in [0.717, 1.165) is 11.1 Å². The van der Waals surface area contributed by atoms with Crippen molar-refractivity contribution in [2.45, 2.75) is 13.0 Å². The molecule has 1 N–H and O–H groups in total. The van der Waals surface area contributed by atoms with E-state index in [1.54, 1.807) is 32.4 Å². The van der Waals surface area contributed by atoms with E-state index in [1.807, 2.05) is 13.0 Å². The quantitative estimate of drug-likeness (QED) is 0.903. The van der Waals surface area contributed by atoms with Gasteiger partial charge in [-0.05, 0) is 42.3 Å². The standard InChI is InChI=1S/C14H16O4/c1-9-7-12(16-2)13(17-3)8-10(9)14(15)11-5-4-6-18-11/h4-8,14-15H,1-3H3. The predicted octanol–water partition coefficient (Wildman–Crippen LogP) is 2.69. The van der Waals surface area contributed by atoms with Crippen LogP contribution >= 0.6 is 0 Å². The van der Waals surface area contributed by atoms with Crippen LogP contribution in [0.1, 0.15) is 23.0 Å². The summed E-state index contributed by atoms with van der Waals surface area (Å²) in [6.07, 6.45) is 0.731. The number of furan rings is 1. The number of ether oxygens (including phenoxy) is 2. The summed E-state index contributed by atoms with van der Waals surface area (Å²) in [6.45, 7) is 1.91. The van der Waals surface area contributed by atoms with Crippen LogP contribution in [0.15, 0.2) is 34.9 Å². The molecule has 0 saturated heterocycles. The van der Waals surface area contributed by atoms with Gasteiger partial charge in [-0.1, -0.05) is 0 Å². The topological polar surface area (TPSA) is 51.8 Å². The first-order valence-electron chi connectivity index (χ1n) is 5.61. The van der Waals surface area contributed by atoms with Gasteiger partial charge in [0, 0.05) is 0 Å². The molecule has 4 nitrogen and oxygen atoms in total. The van der Waals surface area contributed by atoms with E-state index < -0.39 is 6.10 Å². The maximum atomic E-state index is 10.3. The van der Waals surface area contributed by atoms with Gasteiger partial charge in [0.15, 0.2) is 11.5 Å². The number of benzene rings is 1. The fourth-order valence-electron chi connectivity index (χ4n) is 1.89. The largest absolute Gasteiger partial charge is 0.493 e. The van der Waals surface area contributed by atoms with Crippen LogP contribution in [0.4, 0.5) is 0 Å². The third-order valence-corrected chi connectivity index (χ3v) is 2.88. The molecule has 4 heteroatoms. The Morgan fingerprint density at radius 3 is 2.39 bits per heavy atom. The highest BCUT2D eigenvalue weighted by Gasteiger charge is 2.18. The molecular weight excluding hydrogens is 232 g/mol. The maximum absolute atomic E-state index is 10.3. The maximum Gasteiger partial charge on any atom is 0.161 e. The second kappa shape index (κ2) is 5.14. The van der Waals surface area contributed by atoms with Crippen molar-refractivity contribution in [1.29, 1.82) is 0 Å². The predicted molar refractivity (Wildman–Crippen MR) is 67.1 cm³/mol. The highest BCUT2D eigenvalue weighted by molar-refractivity contribution is 5.48. The Kier molecular flexibility index (Phi) is 3.58. The Hall–Kier alpha value is -1.94. The van der Waals surface area contributed by atoms with Crippen LogP contribution in [-0.2, 0) is 0 Å². The average molecular weight is 248 g/mol. The van der Waals surface area contributed by atoms with E-state index in [2.05, 4.69) is 0 Å². The first kappa shape index (κ1) is 12.5. The van der Waals surface area contributed by atoms with Crippen molar-refractivity contribution in [2.75, 3.05) is 14.2 Å². The van der Waals surface area contributed by atoms with Gasteiger partial charge in [-0.25, -0.2) is 0 Å². The van der Waals surface area contributed by atoms with Crippen LogP contribution in [0.3, 0.4) is 0 Å². The third kappa shape index (κ3) is 2.19. The molecule has 2 rings (SSSR count). The van der Waals surface area contributed by atoms with Crippen molar-refractivity contribution in [3.05, 3.63) is 47.4 Å². The fourth-order valence-corrected chi connectivity index (χ4v) is 1.89. The normalized spacial score (nSPS) is 12.2. The van der Waals surface area contributed by atoms with Gasteiger partial charge >= 0.3 is 0 Å². The van der Waals surface area contributed by atoms with Crippen molar-refractivity contribution in [3.63, 3.8) is 0 Å². The Morgan fingerprint density at radius 2 is 1.83 bits per heavy atom. The molecule has 1 aromatic carbocycles. The molecule has 0 amide bonds. The molecule has 2 aromatic rings. The molecule has 18 heavy (non-hydrogen) atoms. The Bertz CT molecular complexity index is 517. The second-order valence-electron chi connectivity index (χ2n) is 3.98. The number of rotatable bonds is 4. The zero-order valence-corrected chi connectivity index (χ0v) is 10.6. The van der Waals surface area contributed by atoms with E-state index in [4.69, 9.17) is 13.9 Å². The molecule has 0 saturated carbocycles. The van der Waals surface area contributed by atoms with Gasteiger partial charge in [-0.3, -0.25) is 0 Å². The van der Waals surface area contributed by atoms with Crippen molar-refractivity contribution in [1.82, 2.24) is 0 Å². The first-order valence-corrected chi connectivity index (χ1v) is 5.61. The molecule has 96 valence electrons. The molecule has 0 spiro atoms. The van der Waals surface area contributed by atoms with Gasteiger partial charge in [0.1, 0.15) is 11.9 Å². The zero-order valence-electron chi connectivity index (χ0n) is 10.6. The summed E-state index contributed by atoms with van der Waals surface area (Å²) in [7, 11) is 3.15. The van der Waals surface area contributed by atoms with Crippen LogP contribution in [0.2, 0.25) is 0 Å². The Morgan fingerprint density at radius 1 is 1.17 bits per heavy atom. The van der Waals surface area contributed by atoms with Gasteiger partial charge in [0.05, 0.1) is 20.5 Å². The lowest BCUT2D eigenvalue weighted by Crippen LogP contribution is -2.02. The van der Waals surface area contributed by atoms with E-state index in [9.17, 15) is 5.11 Å². The van der Waals surface area contributed by atoms with Gasteiger partial charge in [-0.15, -0.1) is 0 Å². The van der Waals surface area contributed by atoms with Crippen LogP contribution in [0.25, 0.3) is 0 Å². The molecule has 0 radical (unpaired) electrons. The molecule has 1 heterocycles. The summed E-state index contributed by atoms with van der Waals surface area (Å²) in [5, 5.41) is 10.3. The number of aliphatic hydroxyl groups is 1. The highest BCUT2D eigenvalue weighted by atomic mass is 16.5. The summed E-state index contributed by atoms with van der Waals surface area (Å²) in [5.74, 6) is 1.74. The van der Waals surface area contributed by atoms with Crippen LogP contribution in [0, 0.1) is 6.92 Å². The van der Waals surface area contributed by atoms with Crippen molar-refractivity contribution in [2.24, 2.45) is 0 Å². The van der Waals surface area contributed by atoms with E-state index in [0.29, 0.717) is 17.3 Å². The molecule has 0 fully saturated rings. The van der Waals surface area contributed by atoms with Gasteiger partial charge in [0.2, 0.25) is 0 Å². The summed E-state index contributed by atoms with van der Waals surface area (Å²) in [5.41, 5.74) is 1.65. The molecule has 0 aliphatic rings. The summed E-state index contributed by atoms with van der Waals surface area (Å²) in [4.78, 5) is 0. The summed E-state index contributed by atoms with van der Waals surface area (Å²) in [6, 6.07) is 7.08. The summed E-state index contributed by atoms with van der Waals surface area (Å²) < 4.78 is 15.7. The molecule has 0 bridgehead atoms.